The van der Waals surface area contributed by atoms with Crippen molar-refractivity contribution in [2.24, 2.45) is 5.92 Å². The van der Waals surface area contributed by atoms with Crippen LogP contribution in [0, 0.1) is 5.92 Å². The highest BCUT2D eigenvalue weighted by molar-refractivity contribution is 7.87. The molecule has 1 aliphatic carbocycles. The number of rotatable bonds is 5. The second kappa shape index (κ2) is 4.36. The Morgan fingerprint density at radius 2 is 2.00 bits per heavy atom. The third kappa shape index (κ3) is 3.60. The molecular weight excluding hydrogens is 192 g/mol. The summed E-state index contributed by atoms with van der Waals surface area (Å²) in [5, 5.41) is 8.96. The molecule has 78 valence electrons. The van der Waals surface area contributed by atoms with Gasteiger partial charge in [0.05, 0.1) is 6.10 Å². The third-order valence-electron chi connectivity index (χ3n) is 2.11. The fraction of sp³-hybridized carbons (Fsp3) is 1.00. The lowest BCUT2D eigenvalue weighted by molar-refractivity contribution is 0.0453. The molecule has 13 heavy (non-hydrogen) atoms. The molecule has 0 unspecified atom stereocenters. The Hall–Kier alpha value is -0.170. The molecule has 3 N–H and O–H groups in total. The van der Waals surface area contributed by atoms with Gasteiger partial charge in [-0.25, -0.2) is 9.44 Å². The van der Waals surface area contributed by atoms with Crippen LogP contribution in [0.5, 0.6) is 0 Å². The van der Waals surface area contributed by atoms with Crippen molar-refractivity contribution in [3.63, 3.8) is 0 Å². The van der Waals surface area contributed by atoms with E-state index >= 15 is 0 Å². The van der Waals surface area contributed by atoms with E-state index < -0.39 is 10.2 Å². The van der Waals surface area contributed by atoms with Gasteiger partial charge in [-0.1, -0.05) is 6.92 Å². The number of aliphatic hydroxyl groups excluding tert-OH is 1. The first-order chi connectivity index (χ1) is 6.03. The minimum Gasteiger partial charge on any atom is -0.393 e. The molecule has 1 rings (SSSR count). The SMILES string of the molecule is CCNS(=O)(=O)NCC1CC(O)C1. The van der Waals surface area contributed by atoms with Crippen LogP contribution in [0.2, 0.25) is 0 Å². The van der Waals surface area contributed by atoms with E-state index in [2.05, 4.69) is 9.44 Å². The van der Waals surface area contributed by atoms with Gasteiger partial charge in [0, 0.05) is 13.1 Å². The topological polar surface area (TPSA) is 78.4 Å². The lowest BCUT2D eigenvalue weighted by Gasteiger charge is -2.31. The summed E-state index contributed by atoms with van der Waals surface area (Å²) in [5.41, 5.74) is 0. The minimum absolute atomic E-state index is 0.228. The molecule has 6 heteroatoms. The van der Waals surface area contributed by atoms with Gasteiger partial charge < -0.3 is 5.11 Å². The van der Waals surface area contributed by atoms with Gasteiger partial charge in [-0.3, -0.25) is 0 Å². The molecule has 1 fully saturated rings. The summed E-state index contributed by atoms with van der Waals surface area (Å²) < 4.78 is 26.9. The Kier molecular flexibility index (Phi) is 3.66. The summed E-state index contributed by atoms with van der Waals surface area (Å²) >= 11 is 0. The van der Waals surface area contributed by atoms with Crippen LogP contribution in [0.4, 0.5) is 0 Å². The molecule has 0 aromatic carbocycles. The Balaban J connectivity index is 2.18. The number of hydrogen-bond acceptors (Lipinski definition) is 3. The lowest BCUT2D eigenvalue weighted by Crippen LogP contribution is -2.42. The van der Waals surface area contributed by atoms with Crippen LogP contribution < -0.4 is 9.44 Å². The third-order valence-corrected chi connectivity index (χ3v) is 3.32. The molecule has 5 nitrogen and oxygen atoms in total. The zero-order chi connectivity index (χ0) is 9.90. The van der Waals surface area contributed by atoms with Crippen LogP contribution in [-0.4, -0.2) is 32.7 Å². The molecule has 0 heterocycles. The largest absolute Gasteiger partial charge is 0.393 e. The van der Waals surface area contributed by atoms with Crippen molar-refractivity contribution in [1.29, 1.82) is 0 Å². The summed E-state index contributed by atoms with van der Waals surface area (Å²) in [5.74, 6) is 0.295. The molecule has 0 spiro atoms. The highest BCUT2D eigenvalue weighted by Gasteiger charge is 2.27. The van der Waals surface area contributed by atoms with Crippen LogP contribution in [0.1, 0.15) is 19.8 Å². The van der Waals surface area contributed by atoms with Gasteiger partial charge in [0.25, 0.3) is 10.2 Å². The van der Waals surface area contributed by atoms with E-state index in [0.717, 1.165) is 0 Å². The van der Waals surface area contributed by atoms with Crippen LogP contribution in [-0.2, 0) is 10.2 Å². The Morgan fingerprint density at radius 3 is 2.46 bits per heavy atom. The van der Waals surface area contributed by atoms with Crippen LogP contribution in [0.3, 0.4) is 0 Å². The first-order valence-electron chi connectivity index (χ1n) is 4.46. The van der Waals surface area contributed by atoms with Crippen molar-refractivity contribution in [1.82, 2.24) is 9.44 Å². The molecule has 0 amide bonds. The van der Waals surface area contributed by atoms with Gasteiger partial charge in [-0.2, -0.15) is 8.42 Å². The molecular formula is C7H16N2O3S. The molecule has 0 radical (unpaired) electrons. The van der Waals surface area contributed by atoms with E-state index in [9.17, 15) is 8.42 Å². The van der Waals surface area contributed by atoms with Crippen molar-refractivity contribution < 1.29 is 13.5 Å². The van der Waals surface area contributed by atoms with Crippen LogP contribution in [0.15, 0.2) is 0 Å². The van der Waals surface area contributed by atoms with Gasteiger partial charge in [-0.05, 0) is 18.8 Å². The van der Waals surface area contributed by atoms with Gasteiger partial charge >= 0.3 is 0 Å². The standard InChI is InChI=1S/C7H16N2O3S/c1-2-8-13(11,12)9-5-6-3-7(10)4-6/h6-10H,2-5H2,1H3. The Bertz CT molecular complexity index is 246. The Morgan fingerprint density at radius 1 is 1.38 bits per heavy atom. The maximum atomic E-state index is 11.1. The number of aliphatic hydroxyl groups is 1. The van der Waals surface area contributed by atoms with Gasteiger partial charge in [0.1, 0.15) is 0 Å². The van der Waals surface area contributed by atoms with E-state index in [1.807, 2.05) is 0 Å². The molecule has 0 saturated heterocycles. The normalized spacial score (nSPS) is 28.5. The fourth-order valence-corrected chi connectivity index (χ4v) is 2.27. The molecule has 0 aromatic heterocycles. The van der Waals surface area contributed by atoms with E-state index in [0.29, 0.717) is 31.8 Å². The summed E-state index contributed by atoms with van der Waals surface area (Å²) in [6.07, 6.45) is 1.18. The maximum absolute atomic E-state index is 11.1. The second-order valence-electron chi connectivity index (χ2n) is 3.34. The molecule has 1 aliphatic rings. The molecule has 0 atom stereocenters. The smallest absolute Gasteiger partial charge is 0.276 e. The second-order valence-corrected chi connectivity index (χ2v) is 4.93. The van der Waals surface area contributed by atoms with Crippen molar-refractivity contribution in [2.75, 3.05) is 13.1 Å². The summed E-state index contributed by atoms with van der Waals surface area (Å²) in [6.45, 7) is 2.54. The Labute approximate surface area is 78.7 Å². The van der Waals surface area contributed by atoms with E-state index in [-0.39, 0.29) is 6.10 Å². The number of hydrogen-bond donors (Lipinski definition) is 3. The molecule has 0 aromatic rings. The summed E-state index contributed by atoms with van der Waals surface area (Å²) in [7, 11) is -3.30. The van der Waals surface area contributed by atoms with E-state index in [1.165, 1.54) is 0 Å². The summed E-state index contributed by atoms with van der Waals surface area (Å²) in [4.78, 5) is 0. The average Bonchev–Trinajstić information content (AvgIpc) is 1.96. The first kappa shape index (κ1) is 10.9. The quantitative estimate of drug-likeness (QED) is 0.553. The van der Waals surface area contributed by atoms with Crippen molar-refractivity contribution in [3.05, 3.63) is 0 Å². The highest BCUT2D eigenvalue weighted by Crippen LogP contribution is 2.26. The first-order valence-corrected chi connectivity index (χ1v) is 5.94. The van der Waals surface area contributed by atoms with Gasteiger partial charge in [0.2, 0.25) is 0 Å². The fourth-order valence-electron chi connectivity index (χ4n) is 1.34. The predicted molar refractivity (Wildman–Crippen MR) is 49.3 cm³/mol. The van der Waals surface area contributed by atoms with E-state index in [4.69, 9.17) is 5.11 Å². The highest BCUT2D eigenvalue weighted by atomic mass is 32.2. The number of nitrogens with one attached hydrogen (secondary N) is 2. The van der Waals surface area contributed by atoms with Crippen molar-refractivity contribution >= 4 is 10.2 Å². The monoisotopic (exact) mass is 208 g/mol. The van der Waals surface area contributed by atoms with Crippen LogP contribution >= 0.6 is 0 Å². The predicted octanol–water partition coefficient (Wildman–Crippen LogP) is -0.799. The van der Waals surface area contributed by atoms with Gasteiger partial charge in [-0.15, -0.1) is 0 Å². The molecule has 1 saturated carbocycles. The summed E-state index contributed by atoms with van der Waals surface area (Å²) in [6, 6.07) is 0. The zero-order valence-corrected chi connectivity index (χ0v) is 8.47. The minimum atomic E-state index is -3.30. The van der Waals surface area contributed by atoms with Crippen molar-refractivity contribution in [2.45, 2.75) is 25.9 Å². The van der Waals surface area contributed by atoms with E-state index in [1.54, 1.807) is 6.92 Å². The van der Waals surface area contributed by atoms with Crippen LogP contribution in [0.25, 0.3) is 0 Å². The van der Waals surface area contributed by atoms with Crippen molar-refractivity contribution in [3.8, 4) is 0 Å². The van der Waals surface area contributed by atoms with Gasteiger partial charge in [0.15, 0.2) is 0 Å². The molecule has 0 bridgehead atoms. The lowest BCUT2D eigenvalue weighted by atomic mass is 9.83. The maximum Gasteiger partial charge on any atom is 0.276 e. The molecule has 0 aliphatic heterocycles. The zero-order valence-electron chi connectivity index (χ0n) is 7.66. The average molecular weight is 208 g/mol.